The third kappa shape index (κ3) is 3.23. The average molecular weight is 354 g/mol. The number of amides is 1. The molecule has 0 atom stereocenters. The highest BCUT2D eigenvalue weighted by Crippen LogP contribution is 2.32. The van der Waals surface area contributed by atoms with Crippen LogP contribution in [0, 0.1) is 6.92 Å². The molecule has 0 aliphatic carbocycles. The summed E-state index contributed by atoms with van der Waals surface area (Å²) in [5, 5.41) is 4.68. The van der Waals surface area contributed by atoms with E-state index in [1.165, 1.54) is 0 Å². The molecular formula is C18H18N4O4. The van der Waals surface area contributed by atoms with Gasteiger partial charge in [-0.05, 0) is 6.92 Å². The number of aromatic nitrogens is 3. The Balaban J connectivity index is 1.63. The normalized spacial score (nSPS) is 14.6. The number of hydrogen-bond donors (Lipinski definition) is 0. The largest absolute Gasteiger partial charge is 0.467 e. The number of fused-ring (bicyclic) bond motifs is 1. The molecule has 1 amide bonds. The fourth-order valence-electron chi connectivity index (χ4n) is 2.86. The van der Waals surface area contributed by atoms with Crippen molar-refractivity contribution in [1.82, 2.24) is 20.0 Å². The lowest BCUT2D eigenvalue weighted by molar-refractivity contribution is -0.137. The SMILES string of the molecule is Cc1nc(OCC(=O)N2CCOCC2)c2c(-c3ccccc3)noc2n1. The molecule has 134 valence electrons. The lowest BCUT2D eigenvalue weighted by atomic mass is 10.1. The van der Waals surface area contributed by atoms with Gasteiger partial charge in [0.15, 0.2) is 6.61 Å². The van der Waals surface area contributed by atoms with Gasteiger partial charge in [-0.3, -0.25) is 4.79 Å². The first kappa shape index (κ1) is 16.5. The summed E-state index contributed by atoms with van der Waals surface area (Å²) in [6, 6.07) is 9.57. The predicted molar refractivity (Wildman–Crippen MR) is 92.7 cm³/mol. The second-order valence-electron chi connectivity index (χ2n) is 5.94. The first-order valence-electron chi connectivity index (χ1n) is 8.40. The number of aryl methyl sites for hydroxylation is 1. The maximum absolute atomic E-state index is 12.3. The Morgan fingerprint density at radius 3 is 2.73 bits per heavy atom. The maximum Gasteiger partial charge on any atom is 0.265 e. The van der Waals surface area contributed by atoms with Crippen molar-refractivity contribution >= 4 is 17.0 Å². The molecule has 0 saturated carbocycles. The highest BCUT2D eigenvalue weighted by molar-refractivity contribution is 5.93. The molecule has 1 aromatic carbocycles. The molecule has 4 rings (SSSR count). The molecule has 0 spiro atoms. The molecule has 1 aliphatic rings. The van der Waals surface area contributed by atoms with Crippen molar-refractivity contribution in [1.29, 1.82) is 0 Å². The Hall–Kier alpha value is -3.00. The van der Waals surface area contributed by atoms with Crippen LogP contribution in [0.15, 0.2) is 34.9 Å². The van der Waals surface area contributed by atoms with E-state index in [2.05, 4.69) is 15.1 Å². The van der Waals surface area contributed by atoms with Crippen molar-refractivity contribution in [2.45, 2.75) is 6.92 Å². The van der Waals surface area contributed by atoms with E-state index in [1.54, 1.807) is 11.8 Å². The molecule has 8 heteroatoms. The van der Waals surface area contributed by atoms with Crippen LogP contribution < -0.4 is 4.74 Å². The second-order valence-corrected chi connectivity index (χ2v) is 5.94. The molecule has 8 nitrogen and oxygen atoms in total. The number of hydrogen-bond acceptors (Lipinski definition) is 7. The molecule has 1 aliphatic heterocycles. The van der Waals surface area contributed by atoms with E-state index >= 15 is 0 Å². The van der Waals surface area contributed by atoms with Gasteiger partial charge >= 0.3 is 0 Å². The van der Waals surface area contributed by atoms with Gasteiger partial charge in [-0.2, -0.15) is 9.97 Å². The lowest BCUT2D eigenvalue weighted by Gasteiger charge is -2.26. The van der Waals surface area contributed by atoms with Crippen molar-refractivity contribution < 1.29 is 18.8 Å². The van der Waals surface area contributed by atoms with Crippen LogP contribution in [0.3, 0.4) is 0 Å². The fourth-order valence-corrected chi connectivity index (χ4v) is 2.86. The average Bonchev–Trinajstić information content (AvgIpc) is 3.11. The zero-order valence-corrected chi connectivity index (χ0v) is 14.3. The third-order valence-corrected chi connectivity index (χ3v) is 4.16. The summed E-state index contributed by atoms with van der Waals surface area (Å²) in [4.78, 5) is 22.7. The standard InChI is InChI=1S/C18H18N4O4/c1-12-19-17(25-11-14(23)22-7-9-24-10-8-22)15-16(21-26-18(15)20-12)13-5-3-2-4-6-13/h2-6H,7-11H2,1H3. The summed E-state index contributed by atoms with van der Waals surface area (Å²) < 4.78 is 16.4. The van der Waals surface area contributed by atoms with Crippen LogP contribution in [-0.2, 0) is 9.53 Å². The van der Waals surface area contributed by atoms with Gasteiger partial charge in [0, 0.05) is 18.7 Å². The van der Waals surface area contributed by atoms with Gasteiger partial charge in [-0.25, -0.2) is 0 Å². The van der Waals surface area contributed by atoms with E-state index < -0.39 is 0 Å². The molecule has 0 bridgehead atoms. The van der Waals surface area contributed by atoms with Crippen LogP contribution in [-0.4, -0.2) is 58.8 Å². The minimum absolute atomic E-state index is 0.101. The maximum atomic E-state index is 12.3. The number of rotatable bonds is 4. The molecule has 1 saturated heterocycles. The number of carbonyl (C=O) groups excluding carboxylic acids is 1. The minimum atomic E-state index is -0.106. The molecule has 0 radical (unpaired) electrons. The third-order valence-electron chi connectivity index (χ3n) is 4.16. The van der Waals surface area contributed by atoms with Crippen molar-refractivity contribution in [2.75, 3.05) is 32.9 Å². The Morgan fingerprint density at radius 1 is 1.19 bits per heavy atom. The molecule has 26 heavy (non-hydrogen) atoms. The van der Waals surface area contributed by atoms with Crippen LogP contribution in [0.4, 0.5) is 0 Å². The first-order valence-corrected chi connectivity index (χ1v) is 8.40. The second kappa shape index (κ2) is 7.09. The summed E-state index contributed by atoms with van der Waals surface area (Å²) in [6.07, 6.45) is 0. The van der Waals surface area contributed by atoms with Crippen LogP contribution >= 0.6 is 0 Å². The number of nitrogens with zero attached hydrogens (tertiary/aromatic N) is 4. The van der Waals surface area contributed by atoms with Gasteiger partial charge in [-0.1, -0.05) is 35.5 Å². The van der Waals surface area contributed by atoms with Gasteiger partial charge in [0.2, 0.25) is 5.88 Å². The van der Waals surface area contributed by atoms with E-state index in [0.717, 1.165) is 5.56 Å². The first-order chi connectivity index (χ1) is 12.7. The fraction of sp³-hybridized carbons (Fsp3) is 0.333. The Bertz CT molecular complexity index is 920. The van der Waals surface area contributed by atoms with E-state index in [0.29, 0.717) is 54.8 Å². The van der Waals surface area contributed by atoms with Gasteiger partial charge < -0.3 is 18.9 Å². The van der Waals surface area contributed by atoms with E-state index in [-0.39, 0.29) is 12.5 Å². The van der Waals surface area contributed by atoms with Crippen molar-refractivity contribution in [2.24, 2.45) is 0 Å². The highest BCUT2D eigenvalue weighted by Gasteiger charge is 2.22. The molecule has 0 N–H and O–H groups in total. The van der Waals surface area contributed by atoms with Crippen LogP contribution in [0.5, 0.6) is 5.88 Å². The van der Waals surface area contributed by atoms with Gasteiger partial charge in [-0.15, -0.1) is 0 Å². The number of ether oxygens (including phenoxy) is 2. The predicted octanol–water partition coefficient (Wildman–Crippen LogP) is 1.83. The summed E-state index contributed by atoms with van der Waals surface area (Å²) in [5.41, 5.74) is 1.79. The Morgan fingerprint density at radius 2 is 1.96 bits per heavy atom. The lowest BCUT2D eigenvalue weighted by Crippen LogP contribution is -2.43. The monoisotopic (exact) mass is 354 g/mol. The zero-order valence-electron chi connectivity index (χ0n) is 14.3. The minimum Gasteiger partial charge on any atom is -0.467 e. The highest BCUT2D eigenvalue weighted by atomic mass is 16.5. The van der Waals surface area contributed by atoms with Crippen LogP contribution in [0.1, 0.15) is 5.82 Å². The summed E-state index contributed by atoms with van der Waals surface area (Å²) in [6.45, 7) is 3.87. The summed E-state index contributed by atoms with van der Waals surface area (Å²) in [5.74, 6) is 0.687. The summed E-state index contributed by atoms with van der Waals surface area (Å²) >= 11 is 0. The Labute approximate surface area is 149 Å². The van der Waals surface area contributed by atoms with Crippen LogP contribution in [0.25, 0.3) is 22.4 Å². The summed E-state index contributed by atoms with van der Waals surface area (Å²) in [7, 11) is 0. The van der Waals surface area contributed by atoms with Crippen LogP contribution in [0.2, 0.25) is 0 Å². The zero-order chi connectivity index (χ0) is 17.9. The molecule has 1 fully saturated rings. The number of carbonyl (C=O) groups is 1. The van der Waals surface area contributed by atoms with E-state index in [9.17, 15) is 4.79 Å². The number of benzene rings is 1. The van der Waals surface area contributed by atoms with E-state index in [1.807, 2.05) is 30.3 Å². The Kier molecular flexibility index (Phi) is 4.49. The van der Waals surface area contributed by atoms with Gasteiger partial charge in [0.25, 0.3) is 11.6 Å². The van der Waals surface area contributed by atoms with Crippen molar-refractivity contribution in [3.05, 3.63) is 36.2 Å². The van der Waals surface area contributed by atoms with Gasteiger partial charge in [0.05, 0.1) is 13.2 Å². The molecule has 2 aromatic heterocycles. The van der Waals surface area contributed by atoms with Crippen molar-refractivity contribution in [3.63, 3.8) is 0 Å². The topological polar surface area (TPSA) is 90.6 Å². The molecular weight excluding hydrogens is 336 g/mol. The molecule has 0 unspecified atom stereocenters. The van der Waals surface area contributed by atoms with Crippen molar-refractivity contribution in [3.8, 4) is 17.1 Å². The molecule has 3 aromatic rings. The number of morpholine rings is 1. The van der Waals surface area contributed by atoms with Gasteiger partial charge in [0.1, 0.15) is 16.9 Å². The van der Waals surface area contributed by atoms with E-state index in [4.69, 9.17) is 14.0 Å². The quantitative estimate of drug-likeness (QED) is 0.706. The molecule has 3 heterocycles. The smallest absolute Gasteiger partial charge is 0.265 e.